The van der Waals surface area contributed by atoms with Gasteiger partial charge in [-0.05, 0) is 52.6 Å². The summed E-state index contributed by atoms with van der Waals surface area (Å²) in [5.41, 5.74) is 2.23. The topological polar surface area (TPSA) is 54.0 Å². The number of carbonyl (C=O) groups excluding carboxylic acids is 1. The number of fused-ring (bicyclic) bond motifs is 4. The van der Waals surface area contributed by atoms with Gasteiger partial charge >= 0.3 is 5.97 Å². The number of carbonyl (C=O) groups is 1. The van der Waals surface area contributed by atoms with Crippen molar-refractivity contribution >= 4 is 40.8 Å². The molecule has 2 saturated heterocycles. The molecule has 8 heteroatoms. The van der Waals surface area contributed by atoms with Crippen LogP contribution in [-0.4, -0.2) is 45.4 Å². The van der Waals surface area contributed by atoms with Crippen LogP contribution >= 0.6 is 34.9 Å². The highest BCUT2D eigenvalue weighted by molar-refractivity contribution is 8.18. The van der Waals surface area contributed by atoms with Gasteiger partial charge in [0.15, 0.2) is 11.5 Å². The molecular weight excluding hydrogens is 440 g/mol. The van der Waals surface area contributed by atoms with Crippen molar-refractivity contribution < 1.29 is 23.7 Å². The van der Waals surface area contributed by atoms with Crippen molar-refractivity contribution in [1.82, 2.24) is 0 Å². The second-order valence-corrected chi connectivity index (χ2v) is 11.5. The van der Waals surface area contributed by atoms with E-state index in [9.17, 15) is 4.79 Å². The Morgan fingerprint density at radius 3 is 2.40 bits per heavy atom. The van der Waals surface area contributed by atoms with Crippen molar-refractivity contribution in [2.24, 2.45) is 11.8 Å². The molecule has 1 aromatic carbocycles. The molecule has 1 spiro atoms. The van der Waals surface area contributed by atoms with Crippen LogP contribution in [0.25, 0.3) is 0 Å². The van der Waals surface area contributed by atoms with E-state index >= 15 is 0 Å². The molecule has 0 saturated carbocycles. The van der Waals surface area contributed by atoms with Gasteiger partial charge in [0.1, 0.15) is 4.08 Å². The third-order valence-corrected chi connectivity index (χ3v) is 11.2. The quantitative estimate of drug-likeness (QED) is 0.606. The van der Waals surface area contributed by atoms with E-state index in [1.165, 1.54) is 16.9 Å². The molecule has 5 rings (SSSR count). The Labute approximate surface area is 188 Å². The highest BCUT2D eigenvalue weighted by Gasteiger charge is 2.60. The molecule has 3 heterocycles. The zero-order valence-corrected chi connectivity index (χ0v) is 19.6. The van der Waals surface area contributed by atoms with Crippen molar-refractivity contribution in [3.8, 4) is 17.2 Å². The molecule has 5 nitrogen and oxygen atoms in total. The number of methoxy groups -OCH3 is 3. The van der Waals surface area contributed by atoms with Crippen LogP contribution in [0.5, 0.6) is 17.2 Å². The molecule has 0 N–H and O–H groups in total. The Morgan fingerprint density at radius 2 is 1.77 bits per heavy atom. The monoisotopic (exact) mass is 464 g/mol. The molecule has 3 atom stereocenters. The SMILES string of the molecule is COc1cc([C@@H]2c3ccsc3C3(SCCCS3)[C@@H]3COC(=O)[C@@H]23)cc(OC)c1OC. The lowest BCUT2D eigenvalue weighted by molar-refractivity contribution is -0.141. The van der Waals surface area contributed by atoms with Crippen molar-refractivity contribution in [2.75, 3.05) is 39.4 Å². The molecule has 0 amide bonds. The van der Waals surface area contributed by atoms with Gasteiger partial charge in [0, 0.05) is 16.7 Å². The smallest absolute Gasteiger partial charge is 0.310 e. The fraction of sp³-hybridized carbons (Fsp3) is 0.500. The number of thiophene rings is 1. The van der Waals surface area contributed by atoms with E-state index in [0.29, 0.717) is 23.9 Å². The Balaban J connectivity index is 1.71. The summed E-state index contributed by atoms with van der Waals surface area (Å²) in [6, 6.07) is 6.15. The first-order chi connectivity index (χ1) is 14.6. The lowest BCUT2D eigenvalue weighted by Crippen LogP contribution is -2.43. The first kappa shape index (κ1) is 20.4. The second-order valence-electron chi connectivity index (χ2n) is 7.62. The van der Waals surface area contributed by atoms with E-state index in [-0.39, 0.29) is 27.8 Å². The Morgan fingerprint density at radius 1 is 1.07 bits per heavy atom. The van der Waals surface area contributed by atoms with Crippen LogP contribution in [0.2, 0.25) is 0 Å². The maximum atomic E-state index is 13.1. The number of rotatable bonds is 4. The predicted octanol–water partition coefficient (Wildman–Crippen LogP) is 4.73. The summed E-state index contributed by atoms with van der Waals surface area (Å²) in [7, 11) is 4.84. The van der Waals surface area contributed by atoms with Gasteiger partial charge in [0.25, 0.3) is 0 Å². The Bertz CT molecular complexity index is 940. The van der Waals surface area contributed by atoms with Gasteiger partial charge in [-0.2, -0.15) is 0 Å². The molecule has 2 fully saturated rings. The molecule has 3 aliphatic rings. The van der Waals surface area contributed by atoms with Crippen molar-refractivity contribution in [1.29, 1.82) is 0 Å². The van der Waals surface area contributed by atoms with Crippen LogP contribution in [0.4, 0.5) is 0 Å². The van der Waals surface area contributed by atoms with E-state index in [1.807, 2.05) is 47.0 Å². The van der Waals surface area contributed by atoms with Gasteiger partial charge in [-0.15, -0.1) is 34.9 Å². The molecule has 1 aliphatic carbocycles. The Kier molecular flexibility index (Phi) is 5.35. The van der Waals surface area contributed by atoms with Gasteiger partial charge in [0.2, 0.25) is 5.75 Å². The van der Waals surface area contributed by atoms with E-state index in [0.717, 1.165) is 17.1 Å². The number of benzene rings is 1. The van der Waals surface area contributed by atoms with Crippen LogP contribution in [0, 0.1) is 11.8 Å². The molecule has 0 bridgehead atoms. The molecular formula is C22H24O5S3. The number of ether oxygens (including phenoxy) is 4. The minimum absolute atomic E-state index is 0.0876. The van der Waals surface area contributed by atoms with Gasteiger partial charge in [-0.3, -0.25) is 4.79 Å². The van der Waals surface area contributed by atoms with Crippen LogP contribution in [0.3, 0.4) is 0 Å². The summed E-state index contributed by atoms with van der Waals surface area (Å²) >= 11 is 5.82. The minimum atomic E-state index is -0.215. The number of hydrogen-bond donors (Lipinski definition) is 0. The lowest BCUT2D eigenvalue weighted by Gasteiger charge is -2.47. The standard InChI is InChI=1S/C22H24O5S3/c1-24-15-9-12(10-16(25-2)19(15)26-3)17-13-5-8-28-20(13)22(29-6-4-7-30-22)14-11-27-21(23)18(14)17/h5,8-10,14,17-18H,4,6-7,11H2,1-3H3/t14-,17-,18-/m1/s1. The zero-order valence-electron chi connectivity index (χ0n) is 17.1. The van der Waals surface area contributed by atoms with E-state index in [2.05, 4.69) is 11.4 Å². The van der Waals surface area contributed by atoms with Crippen LogP contribution in [-0.2, 0) is 13.6 Å². The van der Waals surface area contributed by atoms with E-state index < -0.39 is 0 Å². The molecule has 1 aromatic heterocycles. The highest BCUT2D eigenvalue weighted by Crippen LogP contribution is 2.66. The number of cyclic esters (lactones) is 1. The van der Waals surface area contributed by atoms with Crippen LogP contribution in [0.15, 0.2) is 23.6 Å². The minimum Gasteiger partial charge on any atom is -0.493 e. The highest BCUT2D eigenvalue weighted by atomic mass is 32.2. The number of hydrogen-bond acceptors (Lipinski definition) is 8. The maximum Gasteiger partial charge on any atom is 0.310 e. The average Bonchev–Trinajstić information content (AvgIpc) is 3.42. The first-order valence-electron chi connectivity index (χ1n) is 9.97. The molecule has 160 valence electrons. The van der Waals surface area contributed by atoms with Crippen molar-refractivity contribution in [3.05, 3.63) is 39.6 Å². The summed E-state index contributed by atoms with van der Waals surface area (Å²) in [4.78, 5) is 14.4. The zero-order chi connectivity index (χ0) is 20.9. The second kappa shape index (κ2) is 7.88. The molecule has 0 radical (unpaired) electrons. The Hall–Kier alpha value is -1.51. The normalized spacial score (nSPS) is 26.6. The largest absolute Gasteiger partial charge is 0.493 e. The fourth-order valence-corrected chi connectivity index (χ4v) is 10.2. The first-order valence-corrected chi connectivity index (χ1v) is 12.8. The van der Waals surface area contributed by atoms with Gasteiger partial charge < -0.3 is 18.9 Å². The summed E-state index contributed by atoms with van der Waals surface area (Å²) < 4.78 is 22.3. The van der Waals surface area contributed by atoms with E-state index in [1.54, 1.807) is 21.3 Å². The van der Waals surface area contributed by atoms with Crippen molar-refractivity contribution in [3.63, 3.8) is 0 Å². The number of thioether (sulfide) groups is 2. The van der Waals surface area contributed by atoms with E-state index in [4.69, 9.17) is 18.9 Å². The molecule has 2 aromatic rings. The van der Waals surface area contributed by atoms with Crippen molar-refractivity contribution in [2.45, 2.75) is 16.4 Å². The summed E-state index contributed by atoms with van der Waals surface area (Å²) in [5, 5.41) is 2.17. The fourth-order valence-electron chi connectivity index (χ4n) is 5.02. The van der Waals surface area contributed by atoms with Crippen LogP contribution < -0.4 is 14.2 Å². The third kappa shape index (κ3) is 2.87. The average molecular weight is 465 g/mol. The molecule has 2 aliphatic heterocycles. The summed E-state index contributed by atoms with van der Waals surface area (Å²) in [6.07, 6.45) is 1.21. The third-order valence-electron chi connectivity index (χ3n) is 6.27. The van der Waals surface area contributed by atoms with Gasteiger partial charge in [0.05, 0.1) is 33.9 Å². The predicted molar refractivity (Wildman–Crippen MR) is 121 cm³/mol. The van der Waals surface area contributed by atoms with Gasteiger partial charge in [-0.25, -0.2) is 0 Å². The van der Waals surface area contributed by atoms with Crippen LogP contribution in [0.1, 0.15) is 28.3 Å². The lowest BCUT2D eigenvalue weighted by atomic mass is 9.69. The maximum absolute atomic E-state index is 13.1. The molecule has 0 unspecified atom stereocenters. The summed E-state index contributed by atoms with van der Waals surface area (Å²) in [6.45, 7) is 0.488. The van der Waals surface area contributed by atoms with Gasteiger partial charge in [-0.1, -0.05) is 0 Å². The number of esters is 1. The summed E-state index contributed by atoms with van der Waals surface area (Å²) in [5.74, 6) is 3.76. The molecule has 30 heavy (non-hydrogen) atoms.